The van der Waals surface area contributed by atoms with E-state index in [9.17, 15) is 9.18 Å². The largest absolute Gasteiger partial charge is 0.333 e. The average Bonchev–Trinajstić information content (AvgIpc) is 3.22. The predicted octanol–water partition coefficient (Wildman–Crippen LogP) is 5.18. The molecule has 2 bridgehead atoms. The minimum absolute atomic E-state index is 0.125. The first-order valence-corrected chi connectivity index (χ1v) is 10.7. The van der Waals surface area contributed by atoms with Crippen LogP contribution >= 0.6 is 0 Å². The first-order valence-electron chi connectivity index (χ1n) is 10.7. The summed E-state index contributed by atoms with van der Waals surface area (Å²) in [5.74, 6) is 0.332. The van der Waals surface area contributed by atoms with Crippen LogP contribution in [0, 0.1) is 19.7 Å². The van der Waals surface area contributed by atoms with Gasteiger partial charge in [0.1, 0.15) is 5.82 Å². The van der Waals surface area contributed by atoms with Crippen LogP contribution in [-0.4, -0.2) is 32.7 Å². The number of halogens is 1. The lowest BCUT2D eigenvalue weighted by molar-refractivity contribution is 0.0571. The fraction of sp³-hybridized carbons (Fsp3) is 0.360. The molecular weight excluding hydrogens is 377 g/mol. The molecule has 0 aliphatic carbocycles. The zero-order valence-electron chi connectivity index (χ0n) is 17.4. The fourth-order valence-electron chi connectivity index (χ4n) is 5.30. The molecule has 154 valence electrons. The molecule has 0 saturated carbocycles. The summed E-state index contributed by atoms with van der Waals surface area (Å²) >= 11 is 0. The van der Waals surface area contributed by atoms with E-state index in [0.717, 1.165) is 48.3 Å². The van der Waals surface area contributed by atoms with E-state index < -0.39 is 0 Å². The van der Waals surface area contributed by atoms with Gasteiger partial charge in [0.15, 0.2) is 0 Å². The Labute approximate surface area is 176 Å². The number of carbonyl (C=O) groups is 1. The molecule has 0 N–H and O–H groups in total. The third-order valence-electron chi connectivity index (χ3n) is 6.68. The summed E-state index contributed by atoms with van der Waals surface area (Å²) in [6.45, 7) is 4.01. The standard InChI is InChI=1S/C25H26FN3O/c1-16-13-17(2)29(27-16)22-9-5-19(6-10-22)25(30)28-23-11-12-24(28)15-20(14-23)18-3-7-21(26)8-4-18/h3-10,13,20,23-24H,11-12,14-15H2,1-2H3/t23-,24-/m0/s1. The molecule has 0 spiro atoms. The van der Waals surface area contributed by atoms with Gasteiger partial charge in [-0.15, -0.1) is 0 Å². The van der Waals surface area contributed by atoms with E-state index in [-0.39, 0.29) is 23.8 Å². The van der Waals surface area contributed by atoms with Crippen molar-refractivity contribution in [3.8, 4) is 5.69 Å². The molecule has 2 fully saturated rings. The van der Waals surface area contributed by atoms with Gasteiger partial charge in [-0.05, 0) is 93.5 Å². The van der Waals surface area contributed by atoms with Gasteiger partial charge in [0.05, 0.1) is 11.4 Å². The SMILES string of the molecule is Cc1cc(C)n(-c2ccc(C(=O)N3[C@H]4CC[C@H]3CC(c3ccc(F)cc3)C4)cc2)n1. The first kappa shape index (κ1) is 19.0. The van der Waals surface area contributed by atoms with Crippen LogP contribution in [0.2, 0.25) is 0 Å². The Morgan fingerprint density at radius 3 is 2.17 bits per heavy atom. The van der Waals surface area contributed by atoms with Crippen LogP contribution in [0.1, 0.15) is 58.9 Å². The van der Waals surface area contributed by atoms with Crippen molar-refractivity contribution in [3.05, 3.63) is 82.9 Å². The molecule has 5 heteroatoms. The van der Waals surface area contributed by atoms with E-state index in [1.807, 2.05) is 61.0 Å². The Kier molecular flexibility index (Phi) is 4.69. The molecule has 2 aliphatic heterocycles. The van der Waals surface area contributed by atoms with E-state index in [1.165, 1.54) is 5.56 Å². The highest BCUT2D eigenvalue weighted by Crippen LogP contribution is 2.43. The third kappa shape index (κ3) is 3.32. The molecular formula is C25H26FN3O. The van der Waals surface area contributed by atoms with Crippen LogP contribution in [0.3, 0.4) is 0 Å². The summed E-state index contributed by atoms with van der Waals surface area (Å²) in [7, 11) is 0. The molecule has 0 unspecified atom stereocenters. The molecule has 4 nitrogen and oxygen atoms in total. The molecule has 1 amide bonds. The molecule has 5 rings (SSSR count). The van der Waals surface area contributed by atoms with E-state index in [2.05, 4.69) is 10.00 Å². The van der Waals surface area contributed by atoms with E-state index in [4.69, 9.17) is 0 Å². The second-order valence-electron chi connectivity index (χ2n) is 8.70. The second kappa shape index (κ2) is 7.38. The first-order chi connectivity index (χ1) is 14.5. The Balaban J connectivity index is 1.33. The lowest BCUT2D eigenvalue weighted by atomic mass is 9.85. The molecule has 3 heterocycles. The van der Waals surface area contributed by atoms with Crippen LogP contribution in [-0.2, 0) is 0 Å². The smallest absolute Gasteiger partial charge is 0.254 e. The van der Waals surface area contributed by atoms with Gasteiger partial charge in [0.25, 0.3) is 5.91 Å². The number of hydrogen-bond donors (Lipinski definition) is 0. The molecule has 1 aromatic heterocycles. The Morgan fingerprint density at radius 1 is 0.967 bits per heavy atom. The number of amides is 1. The van der Waals surface area contributed by atoms with Crippen molar-refractivity contribution in [1.82, 2.24) is 14.7 Å². The zero-order valence-corrected chi connectivity index (χ0v) is 17.4. The van der Waals surface area contributed by atoms with Gasteiger partial charge < -0.3 is 4.90 Å². The molecule has 0 radical (unpaired) electrons. The number of aryl methyl sites for hydroxylation is 2. The Morgan fingerprint density at radius 2 is 1.60 bits per heavy atom. The van der Waals surface area contributed by atoms with Gasteiger partial charge >= 0.3 is 0 Å². The van der Waals surface area contributed by atoms with Crippen LogP contribution in [0.25, 0.3) is 5.69 Å². The minimum Gasteiger partial charge on any atom is -0.333 e. The highest BCUT2D eigenvalue weighted by Gasteiger charge is 2.43. The van der Waals surface area contributed by atoms with E-state index in [0.29, 0.717) is 5.92 Å². The minimum atomic E-state index is -0.196. The molecule has 30 heavy (non-hydrogen) atoms. The van der Waals surface area contributed by atoms with Gasteiger partial charge in [-0.3, -0.25) is 4.79 Å². The van der Waals surface area contributed by atoms with Crippen molar-refractivity contribution in [3.63, 3.8) is 0 Å². The number of nitrogens with zero attached hydrogens (tertiary/aromatic N) is 3. The Bertz CT molecular complexity index is 1060. The molecule has 3 aromatic rings. The second-order valence-corrected chi connectivity index (χ2v) is 8.70. The summed E-state index contributed by atoms with van der Waals surface area (Å²) in [5, 5.41) is 4.52. The molecule has 2 atom stereocenters. The van der Waals surface area contributed by atoms with Crippen molar-refractivity contribution < 1.29 is 9.18 Å². The lowest BCUT2D eigenvalue weighted by Crippen LogP contribution is -2.46. The van der Waals surface area contributed by atoms with Crippen molar-refractivity contribution in [2.45, 2.75) is 57.5 Å². The number of piperidine rings is 1. The van der Waals surface area contributed by atoms with Gasteiger partial charge in [-0.2, -0.15) is 5.10 Å². The monoisotopic (exact) mass is 403 g/mol. The zero-order chi connectivity index (χ0) is 20.8. The summed E-state index contributed by atoms with van der Waals surface area (Å²) in [4.78, 5) is 15.4. The van der Waals surface area contributed by atoms with Crippen LogP contribution in [0.15, 0.2) is 54.6 Å². The quantitative estimate of drug-likeness (QED) is 0.604. The molecule has 2 aliphatic rings. The lowest BCUT2D eigenvalue weighted by Gasteiger charge is -2.39. The molecule has 2 aromatic carbocycles. The normalized spacial score (nSPS) is 23.0. The average molecular weight is 404 g/mol. The number of fused-ring (bicyclic) bond motifs is 2. The maximum Gasteiger partial charge on any atom is 0.254 e. The van der Waals surface area contributed by atoms with Crippen molar-refractivity contribution >= 4 is 5.91 Å². The number of carbonyl (C=O) groups excluding carboxylic acids is 1. The maximum atomic E-state index is 13.3. The third-order valence-corrected chi connectivity index (χ3v) is 6.68. The van der Waals surface area contributed by atoms with Crippen molar-refractivity contribution in [2.75, 3.05) is 0 Å². The van der Waals surface area contributed by atoms with Crippen molar-refractivity contribution in [2.24, 2.45) is 0 Å². The summed E-state index contributed by atoms with van der Waals surface area (Å²) in [5.41, 5.74) is 4.95. The number of hydrogen-bond acceptors (Lipinski definition) is 2. The van der Waals surface area contributed by atoms with Crippen molar-refractivity contribution in [1.29, 1.82) is 0 Å². The van der Waals surface area contributed by atoms with Gasteiger partial charge in [-0.1, -0.05) is 12.1 Å². The number of aromatic nitrogens is 2. The number of rotatable bonds is 3. The van der Waals surface area contributed by atoms with Gasteiger partial charge in [-0.25, -0.2) is 9.07 Å². The fourth-order valence-corrected chi connectivity index (χ4v) is 5.30. The maximum absolute atomic E-state index is 13.3. The van der Waals surface area contributed by atoms with Crippen LogP contribution < -0.4 is 0 Å². The highest BCUT2D eigenvalue weighted by atomic mass is 19.1. The highest BCUT2D eigenvalue weighted by molar-refractivity contribution is 5.95. The summed E-state index contributed by atoms with van der Waals surface area (Å²) < 4.78 is 15.2. The van der Waals surface area contributed by atoms with Crippen LogP contribution in [0.5, 0.6) is 0 Å². The van der Waals surface area contributed by atoms with E-state index in [1.54, 1.807) is 12.1 Å². The molecule has 2 saturated heterocycles. The van der Waals surface area contributed by atoms with Crippen LogP contribution in [0.4, 0.5) is 4.39 Å². The topological polar surface area (TPSA) is 38.1 Å². The Hall–Kier alpha value is -2.95. The van der Waals surface area contributed by atoms with Gasteiger partial charge in [0, 0.05) is 23.3 Å². The van der Waals surface area contributed by atoms with E-state index >= 15 is 0 Å². The van der Waals surface area contributed by atoms with Gasteiger partial charge in [0.2, 0.25) is 0 Å². The number of benzene rings is 2. The summed E-state index contributed by atoms with van der Waals surface area (Å²) in [6, 6.07) is 17.2. The predicted molar refractivity (Wildman–Crippen MR) is 114 cm³/mol. The summed E-state index contributed by atoms with van der Waals surface area (Å²) in [6.07, 6.45) is 4.02.